The fourth-order valence-corrected chi connectivity index (χ4v) is 5.23. The van der Waals surface area contributed by atoms with Gasteiger partial charge in [-0.25, -0.2) is 4.79 Å². The molecule has 0 bridgehead atoms. The third-order valence-corrected chi connectivity index (χ3v) is 8.40. The number of guanidine groups is 3. The van der Waals surface area contributed by atoms with Crippen molar-refractivity contribution in [2.75, 3.05) is 19.6 Å². The molecule has 61 heavy (non-hydrogen) atoms. The largest absolute Gasteiger partial charge is 0.481 e. The molecule has 28 nitrogen and oxygen atoms in total. The fraction of sp³-hybridized carbons (Fsp3) is 0.636. The van der Waals surface area contributed by atoms with Gasteiger partial charge in [-0.05, 0) is 57.8 Å². The molecular weight excluding hydrogens is 814 g/mol. The Morgan fingerprint density at radius 2 is 0.672 bits per heavy atom. The van der Waals surface area contributed by atoms with E-state index >= 15 is 0 Å². The SMILES string of the molecule is N=C(N)NCCC[C@H](NC(=O)[C@H](CCC(=O)O)NC(=O)[C@H](CCCNC(=N)N)NC(=O)[C@H](CCC(=O)O)NC(=O)[C@H](CCCNC(=N)N)NC(=O)[C@@H](N)CCC(=O)O)C(=O)O. The van der Waals surface area contributed by atoms with Crippen LogP contribution in [-0.2, 0) is 43.2 Å². The van der Waals surface area contributed by atoms with Crippen molar-refractivity contribution in [1.82, 2.24) is 42.5 Å². The van der Waals surface area contributed by atoms with Crippen molar-refractivity contribution >= 4 is 71.3 Å². The Morgan fingerprint density at radius 1 is 0.410 bits per heavy atom. The minimum absolute atomic E-state index is 0.00959. The van der Waals surface area contributed by atoms with Crippen LogP contribution >= 0.6 is 0 Å². The molecule has 0 aliphatic carbocycles. The van der Waals surface area contributed by atoms with Crippen molar-refractivity contribution in [3.63, 3.8) is 0 Å². The predicted molar refractivity (Wildman–Crippen MR) is 213 cm³/mol. The number of carboxylic acid groups (broad SMARTS) is 4. The highest BCUT2D eigenvalue weighted by atomic mass is 16.4. The molecule has 0 aliphatic heterocycles. The summed E-state index contributed by atoms with van der Waals surface area (Å²) < 4.78 is 0. The fourth-order valence-electron chi connectivity index (χ4n) is 5.23. The van der Waals surface area contributed by atoms with Crippen molar-refractivity contribution in [1.29, 1.82) is 16.2 Å². The van der Waals surface area contributed by atoms with Crippen LogP contribution in [0.15, 0.2) is 0 Å². The highest BCUT2D eigenvalue weighted by molar-refractivity contribution is 5.96. The summed E-state index contributed by atoms with van der Waals surface area (Å²) in [7, 11) is 0. The van der Waals surface area contributed by atoms with E-state index in [1.165, 1.54) is 0 Å². The van der Waals surface area contributed by atoms with Crippen molar-refractivity contribution in [3.05, 3.63) is 0 Å². The monoisotopic (exact) mass is 873 g/mol. The number of amides is 5. The van der Waals surface area contributed by atoms with Gasteiger partial charge in [0.05, 0.1) is 6.04 Å². The summed E-state index contributed by atoms with van der Waals surface area (Å²) in [4.78, 5) is 113. The quantitative estimate of drug-likeness (QED) is 0.0170. The van der Waals surface area contributed by atoms with Gasteiger partial charge in [0.25, 0.3) is 0 Å². The first-order chi connectivity index (χ1) is 28.5. The second kappa shape index (κ2) is 29.2. The van der Waals surface area contributed by atoms with Crippen molar-refractivity contribution in [2.45, 2.75) is 113 Å². The number of nitrogens with one attached hydrogen (secondary N) is 11. The average Bonchev–Trinajstić information content (AvgIpc) is 3.16. The second-order valence-electron chi connectivity index (χ2n) is 13.5. The first-order valence-electron chi connectivity index (χ1n) is 18.9. The van der Waals surface area contributed by atoms with Crippen LogP contribution in [-0.4, -0.2) is 148 Å². The summed E-state index contributed by atoms with van der Waals surface area (Å²) >= 11 is 0. The van der Waals surface area contributed by atoms with Crippen molar-refractivity contribution in [2.24, 2.45) is 22.9 Å². The zero-order chi connectivity index (χ0) is 46.7. The van der Waals surface area contributed by atoms with Gasteiger partial charge < -0.3 is 85.9 Å². The number of carbonyl (C=O) groups is 9. The molecule has 0 unspecified atom stereocenters. The van der Waals surface area contributed by atoms with Gasteiger partial charge in [0.15, 0.2) is 17.9 Å². The van der Waals surface area contributed by atoms with Crippen LogP contribution in [0.1, 0.15) is 77.0 Å². The van der Waals surface area contributed by atoms with Crippen LogP contribution in [0.2, 0.25) is 0 Å². The third-order valence-electron chi connectivity index (χ3n) is 8.40. The van der Waals surface area contributed by atoms with Gasteiger partial charge in [0.2, 0.25) is 29.5 Å². The Bertz CT molecular complexity index is 1580. The maximum atomic E-state index is 13.8. The van der Waals surface area contributed by atoms with Crippen LogP contribution in [0, 0.1) is 16.2 Å². The van der Waals surface area contributed by atoms with Gasteiger partial charge in [0, 0.05) is 38.9 Å². The van der Waals surface area contributed by atoms with Crippen LogP contribution in [0.25, 0.3) is 0 Å². The highest BCUT2D eigenvalue weighted by Crippen LogP contribution is 2.09. The maximum Gasteiger partial charge on any atom is 0.326 e. The predicted octanol–water partition coefficient (Wildman–Crippen LogP) is -5.79. The van der Waals surface area contributed by atoms with Crippen molar-refractivity contribution < 1.29 is 63.6 Å². The molecule has 0 aromatic heterocycles. The molecule has 0 aromatic rings. The number of hydrogen-bond donors (Lipinski definition) is 19. The number of rotatable bonds is 32. The number of hydrogen-bond acceptors (Lipinski definition) is 13. The molecule has 0 saturated heterocycles. The lowest BCUT2D eigenvalue weighted by molar-refractivity contribution is -0.143. The topological polar surface area (TPSA) is 506 Å². The van der Waals surface area contributed by atoms with Crippen LogP contribution in [0.4, 0.5) is 0 Å². The number of carboxylic acids is 4. The van der Waals surface area contributed by atoms with E-state index in [0.717, 1.165) is 0 Å². The summed E-state index contributed by atoms with van der Waals surface area (Å²) in [5, 5.41) is 78.3. The minimum atomic E-state index is -1.69. The Morgan fingerprint density at radius 3 is 0.967 bits per heavy atom. The molecule has 23 N–H and O–H groups in total. The van der Waals surface area contributed by atoms with Gasteiger partial charge >= 0.3 is 23.9 Å². The van der Waals surface area contributed by atoms with Crippen molar-refractivity contribution in [3.8, 4) is 0 Å². The molecule has 0 spiro atoms. The van der Waals surface area contributed by atoms with E-state index in [2.05, 4.69) is 42.5 Å². The van der Waals surface area contributed by atoms with Gasteiger partial charge in [-0.2, -0.15) is 0 Å². The van der Waals surface area contributed by atoms with Crippen LogP contribution in [0.3, 0.4) is 0 Å². The smallest absolute Gasteiger partial charge is 0.326 e. The lowest BCUT2D eigenvalue weighted by Crippen LogP contribution is -2.59. The number of nitrogens with two attached hydrogens (primary N) is 4. The van der Waals surface area contributed by atoms with E-state index in [4.69, 9.17) is 44.3 Å². The Balaban J connectivity index is 6.52. The summed E-state index contributed by atoms with van der Waals surface area (Å²) in [5.41, 5.74) is 21.6. The van der Waals surface area contributed by atoms with Gasteiger partial charge in [-0.15, -0.1) is 0 Å². The van der Waals surface area contributed by atoms with E-state index in [1.54, 1.807) is 0 Å². The Hall–Kier alpha value is -7.00. The lowest BCUT2D eigenvalue weighted by atomic mass is 10.0. The van der Waals surface area contributed by atoms with E-state index < -0.39 is 134 Å². The Labute approximate surface area is 349 Å². The zero-order valence-corrected chi connectivity index (χ0v) is 33.3. The first kappa shape index (κ1) is 54.0. The number of carbonyl (C=O) groups excluding carboxylic acids is 5. The van der Waals surface area contributed by atoms with E-state index in [1.807, 2.05) is 0 Å². The van der Waals surface area contributed by atoms with Gasteiger partial charge in [-0.3, -0.25) is 54.6 Å². The Kier molecular flexibility index (Phi) is 25.9. The molecule has 0 radical (unpaired) electrons. The molecule has 28 heteroatoms. The molecule has 0 aliphatic rings. The average molecular weight is 874 g/mol. The van der Waals surface area contributed by atoms with Gasteiger partial charge in [-0.1, -0.05) is 0 Å². The molecule has 344 valence electrons. The van der Waals surface area contributed by atoms with Crippen LogP contribution in [0.5, 0.6) is 0 Å². The normalized spacial score (nSPS) is 13.5. The summed E-state index contributed by atoms with van der Waals surface area (Å²) in [6, 6.07) is -9.26. The summed E-state index contributed by atoms with van der Waals surface area (Å²) in [5.74, 6) is -11.9. The molecule has 5 amide bonds. The lowest BCUT2D eigenvalue weighted by Gasteiger charge is -2.27. The van der Waals surface area contributed by atoms with E-state index in [0.29, 0.717) is 0 Å². The molecule has 0 aromatic carbocycles. The van der Waals surface area contributed by atoms with Crippen LogP contribution < -0.4 is 65.5 Å². The zero-order valence-electron chi connectivity index (χ0n) is 33.3. The van der Waals surface area contributed by atoms with Gasteiger partial charge in [0.1, 0.15) is 30.2 Å². The summed E-state index contributed by atoms with van der Waals surface area (Å²) in [6.07, 6.45) is -3.54. The molecule has 0 fully saturated rings. The maximum absolute atomic E-state index is 13.8. The minimum Gasteiger partial charge on any atom is -0.481 e. The van der Waals surface area contributed by atoms with E-state index in [-0.39, 0.29) is 70.5 Å². The molecular formula is C33H59N15O13. The summed E-state index contributed by atoms with van der Waals surface area (Å²) in [6.45, 7) is 0.127. The molecule has 6 atom stereocenters. The molecule has 0 saturated carbocycles. The second-order valence-corrected chi connectivity index (χ2v) is 13.5. The van der Waals surface area contributed by atoms with E-state index in [9.17, 15) is 58.5 Å². The number of aliphatic carboxylic acids is 4. The molecule has 0 heterocycles. The highest BCUT2D eigenvalue weighted by Gasteiger charge is 2.33. The third kappa shape index (κ3) is 25.9. The first-order valence-corrected chi connectivity index (χ1v) is 18.9. The standard InChI is InChI=1S/C33H59N15O13/c34-16(7-10-22(49)50)25(55)44-17(4-1-13-41-31(35)36)26(56)46-19(8-11-23(51)52)28(58)45-18(5-2-14-42-32(37)38)27(57)47-20(9-12-24(53)54)29(59)48-21(30(60)61)6-3-15-43-33(39)40/h16-21H,1-15,34H2,(H,44,55)(H,45,58)(H,46,56)(H,47,57)(H,48,59)(H,49,50)(H,51,52)(H,53,54)(H,60,61)(H4,35,36,41)(H4,37,38,42)(H4,39,40,43)/t16-,17-,18-,19-,20-,21-/m0/s1. The molecule has 0 rings (SSSR count).